The molecule has 1 aromatic heterocycles. The van der Waals surface area contributed by atoms with Crippen LogP contribution in [0, 0.1) is 16.7 Å². The Kier molecular flexibility index (Phi) is 8.15. The summed E-state index contributed by atoms with van der Waals surface area (Å²) in [6.45, 7) is 5.51. The zero-order valence-electron chi connectivity index (χ0n) is 23.3. The number of carbonyl (C=O) groups excluding carboxylic acids is 3. The van der Waals surface area contributed by atoms with Gasteiger partial charge in [0.25, 0.3) is 0 Å². The summed E-state index contributed by atoms with van der Waals surface area (Å²) < 4.78 is 0.543. The topological polar surface area (TPSA) is 154 Å². The molecule has 0 bridgehead atoms. The molecule has 12 heteroatoms. The molecule has 1 aliphatic heterocycles. The molecule has 1 unspecified atom stereocenters. The van der Waals surface area contributed by atoms with Crippen molar-refractivity contribution < 1.29 is 14.4 Å². The van der Waals surface area contributed by atoms with Gasteiger partial charge in [-0.2, -0.15) is 5.26 Å². The summed E-state index contributed by atoms with van der Waals surface area (Å²) in [7, 11) is 0. The molecule has 2 aromatic carbocycles. The lowest BCUT2D eigenvalue weighted by Crippen LogP contribution is -2.42. The summed E-state index contributed by atoms with van der Waals surface area (Å²) in [5.41, 5.74) is 10.0. The fraction of sp³-hybridized carbons (Fsp3) is 0.267. The number of Topliss-reactive ketones (excluding diaryl/α,β-unsaturated/α-hetero) is 1. The van der Waals surface area contributed by atoms with Crippen LogP contribution in [-0.2, 0) is 14.4 Å². The molecule has 214 valence electrons. The number of amides is 2. The highest BCUT2D eigenvalue weighted by molar-refractivity contribution is 8.01. The van der Waals surface area contributed by atoms with E-state index < -0.39 is 5.92 Å². The van der Waals surface area contributed by atoms with Crippen LogP contribution in [0.1, 0.15) is 45.1 Å². The van der Waals surface area contributed by atoms with Crippen molar-refractivity contribution in [2.75, 3.05) is 21.3 Å². The van der Waals surface area contributed by atoms with Crippen LogP contribution in [0.15, 0.2) is 81.6 Å². The Bertz CT molecular complexity index is 1650. The van der Waals surface area contributed by atoms with Gasteiger partial charge in [-0.05, 0) is 41.7 Å². The Morgan fingerprint density at radius 2 is 1.76 bits per heavy atom. The number of allylic oxidation sites excluding steroid dienone is 3. The highest BCUT2D eigenvalue weighted by Crippen LogP contribution is 2.50. The Hall–Kier alpha value is -4.47. The van der Waals surface area contributed by atoms with Crippen LogP contribution in [-0.4, -0.2) is 33.5 Å². The van der Waals surface area contributed by atoms with E-state index >= 15 is 0 Å². The Morgan fingerprint density at radius 3 is 2.40 bits per heavy atom. The monoisotopic (exact) mass is 599 g/mol. The second-order valence-corrected chi connectivity index (χ2v) is 13.0. The maximum absolute atomic E-state index is 13.6. The number of aromatic nitrogens is 2. The molecular weight excluding hydrogens is 571 g/mol. The average Bonchev–Trinajstić information content (AvgIpc) is 3.40. The van der Waals surface area contributed by atoms with Gasteiger partial charge in [-0.15, -0.1) is 10.2 Å². The molecule has 0 spiro atoms. The molecule has 2 aliphatic rings. The molecule has 1 atom stereocenters. The fourth-order valence-electron chi connectivity index (χ4n) is 5.22. The van der Waals surface area contributed by atoms with Gasteiger partial charge in [0.05, 0.1) is 23.3 Å². The van der Waals surface area contributed by atoms with Gasteiger partial charge in [0.15, 0.2) is 10.1 Å². The van der Waals surface area contributed by atoms with Crippen molar-refractivity contribution in [1.82, 2.24) is 10.2 Å². The highest BCUT2D eigenvalue weighted by Gasteiger charge is 2.45. The number of anilines is 3. The lowest BCUT2D eigenvalue weighted by atomic mass is 9.69. The SMILES string of the molecule is CC(=O)Nc1ccc(NC(=O)CSc2nnc(N3C(N)=C(C#N)C(c4ccccc4)C4=C3CC(C)(C)CC4=O)s2)cc1. The van der Waals surface area contributed by atoms with Crippen molar-refractivity contribution in [3.8, 4) is 6.07 Å². The van der Waals surface area contributed by atoms with Crippen molar-refractivity contribution >= 4 is 57.2 Å². The maximum atomic E-state index is 13.6. The van der Waals surface area contributed by atoms with E-state index in [9.17, 15) is 19.6 Å². The predicted octanol–water partition coefficient (Wildman–Crippen LogP) is 5.17. The van der Waals surface area contributed by atoms with E-state index in [0.717, 1.165) is 11.3 Å². The third-order valence-corrected chi connectivity index (χ3v) is 8.96. The van der Waals surface area contributed by atoms with E-state index in [1.807, 2.05) is 44.2 Å². The van der Waals surface area contributed by atoms with Gasteiger partial charge in [0.1, 0.15) is 5.82 Å². The number of carbonyl (C=O) groups is 3. The smallest absolute Gasteiger partial charge is 0.234 e. The predicted molar refractivity (Wildman–Crippen MR) is 164 cm³/mol. The number of hydrogen-bond acceptors (Lipinski definition) is 10. The van der Waals surface area contributed by atoms with Gasteiger partial charge in [-0.25, -0.2) is 0 Å². The minimum Gasteiger partial charge on any atom is -0.384 e. The summed E-state index contributed by atoms with van der Waals surface area (Å²) in [4.78, 5) is 39.1. The Labute approximate surface area is 251 Å². The number of thioether (sulfide) groups is 1. The van der Waals surface area contributed by atoms with Gasteiger partial charge in [-0.1, -0.05) is 67.3 Å². The van der Waals surface area contributed by atoms with E-state index in [1.165, 1.54) is 30.0 Å². The van der Waals surface area contributed by atoms with E-state index in [-0.39, 0.29) is 34.6 Å². The van der Waals surface area contributed by atoms with Gasteiger partial charge < -0.3 is 16.4 Å². The summed E-state index contributed by atoms with van der Waals surface area (Å²) in [6, 6.07) is 18.6. The number of nitrogens with two attached hydrogens (primary N) is 1. The number of nitriles is 1. The standard InChI is InChI=1S/C30H29N7O3S2/c1-17(38)33-19-9-11-20(12-10-19)34-24(40)16-41-29-36-35-28(42-29)37-22-13-30(2,3)14-23(39)26(22)25(21(15-31)27(37)32)18-7-5-4-6-8-18/h4-12,25H,13-14,16,32H2,1-3H3,(H,33,38)(H,34,40). The molecule has 5 rings (SSSR count). The maximum Gasteiger partial charge on any atom is 0.234 e. The molecule has 0 saturated heterocycles. The van der Waals surface area contributed by atoms with Gasteiger partial charge >= 0.3 is 0 Å². The van der Waals surface area contributed by atoms with E-state index in [2.05, 4.69) is 26.9 Å². The van der Waals surface area contributed by atoms with E-state index in [4.69, 9.17) is 5.73 Å². The van der Waals surface area contributed by atoms with Crippen molar-refractivity contribution in [1.29, 1.82) is 5.26 Å². The van der Waals surface area contributed by atoms with Crippen LogP contribution in [0.25, 0.3) is 0 Å². The first-order valence-corrected chi connectivity index (χ1v) is 15.0. The van der Waals surface area contributed by atoms with Crippen molar-refractivity contribution in [2.45, 2.75) is 43.9 Å². The largest absolute Gasteiger partial charge is 0.384 e. The number of ketones is 1. The van der Waals surface area contributed by atoms with Gasteiger partial charge in [0.2, 0.25) is 16.9 Å². The number of benzene rings is 2. The first-order chi connectivity index (χ1) is 20.1. The highest BCUT2D eigenvalue weighted by atomic mass is 32.2. The molecular formula is C30H29N7O3S2. The second kappa shape index (κ2) is 11.8. The molecule has 0 saturated carbocycles. The van der Waals surface area contributed by atoms with Crippen LogP contribution in [0.4, 0.5) is 16.5 Å². The average molecular weight is 600 g/mol. The van der Waals surface area contributed by atoms with Crippen LogP contribution < -0.4 is 21.3 Å². The number of rotatable bonds is 7. The van der Waals surface area contributed by atoms with Gasteiger partial charge in [0, 0.05) is 36.0 Å². The molecule has 4 N–H and O–H groups in total. The Morgan fingerprint density at radius 1 is 1.10 bits per heavy atom. The number of nitrogens with zero attached hydrogens (tertiary/aromatic N) is 4. The lowest BCUT2D eigenvalue weighted by Gasteiger charge is -2.42. The second-order valence-electron chi connectivity index (χ2n) is 10.8. The van der Waals surface area contributed by atoms with Crippen molar-refractivity contribution in [3.63, 3.8) is 0 Å². The molecule has 10 nitrogen and oxygen atoms in total. The summed E-state index contributed by atoms with van der Waals surface area (Å²) >= 11 is 2.47. The van der Waals surface area contributed by atoms with E-state index in [1.54, 1.807) is 29.2 Å². The minimum atomic E-state index is -0.552. The van der Waals surface area contributed by atoms with E-state index in [0.29, 0.717) is 44.8 Å². The first-order valence-electron chi connectivity index (χ1n) is 13.2. The third kappa shape index (κ3) is 6.07. The summed E-state index contributed by atoms with van der Waals surface area (Å²) in [5.74, 6) is -0.656. The summed E-state index contributed by atoms with van der Waals surface area (Å²) in [5, 5.41) is 24.8. The first kappa shape index (κ1) is 29.0. The molecule has 2 amide bonds. The fourth-order valence-corrected chi connectivity index (χ4v) is 6.90. The van der Waals surface area contributed by atoms with Crippen molar-refractivity contribution in [2.24, 2.45) is 11.1 Å². The van der Waals surface area contributed by atoms with Crippen LogP contribution in [0.5, 0.6) is 0 Å². The molecule has 42 heavy (non-hydrogen) atoms. The quantitative estimate of drug-likeness (QED) is 0.312. The van der Waals surface area contributed by atoms with Crippen LogP contribution in [0.2, 0.25) is 0 Å². The molecule has 3 aromatic rings. The third-order valence-electron chi connectivity index (χ3n) is 6.92. The minimum absolute atomic E-state index is 0.0127. The molecule has 2 heterocycles. The summed E-state index contributed by atoms with van der Waals surface area (Å²) in [6.07, 6.45) is 0.936. The van der Waals surface area contributed by atoms with Crippen LogP contribution >= 0.6 is 23.1 Å². The molecule has 1 aliphatic carbocycles. The van der Waals surface area contributed by atoms with Crippen molar-refractivity contribution in [3.05, 3.63) is 82.8 Å². The zero-order chi connectivity index (χ0) is 30.0. The zero-order valence-corrected chi connectivity index (χ0v) is 24.9. The molecule has 0 fully saturated rings. The molecule has 0 radical (unpaired) electrons. The number of nitrogens with one attached hydrogen (secondary N) is 2. The Balaban J connectivity index is 1.38. The lowest BCUT2D eigenvalue weighted by molar-refractivity contribution is -0.118. The number of hydrogen-bond donors (Lipinski definition) is 3. The van der Waals surface area contributed by atoms with Gasteiger partial charge in [-0.3, -0.25) is 19.3 Å². The normalized spacial score (nSPS) is 17.9. The van der Waals surface area contributed by atoms with Crippen LogP contribution in [0.3, 0.4) is 0 Å².